The van der Waals surface area contributed by atoms with Crippen molar-refractivity contribution in [2.75, 3.05) is 0 Å². The standard InChI is InChI=1S/C15H19N/c1-11(2)9-15(16)14-8-7-12-5-3-4-6-13(12)10-14/h3-8,10-11,15H,9,16H2,1-2H3/t15-/m1/s1. The Kier molecular flexibility index (Phi) is 3.25. The van der Waals surface area contributed by atoms with Gasteiger partial charge in [0.25, 0.3) is 0 Å². The zero-order valence-corrected chi connectivity index (χ0v) is 9.98. The van der Waals surface area contributed by atoms with Crippen LogP contribution in [-0.2, 0) is 0 Å². The predicted octanol–water partition coefficient (Wildman–Crippen LogP) is 3.89. The quantitative estimate of drug-likeness (QED) is 0.822. The van der Waals surface area contributed by atoms with Gasteiger partial charge in [0.15, 0.2) is 0 Å². The highest BCUT2D eigenvalue weighted by Crippen LogP contribution is 2.23. The van der Waals surface area contributed by atoms with Crippen molar-refractivity contribution in [1.82, 2.24) is 0 Å². The second-order valence-corrected chi connectivity index (χ2v) is 4.84. The van der Waals surface area contributed by atoms with Gasteiger partial charge in [-0.15, -0.1) is 0 Å². The third-order valence-corrected chi connectivity index (χ3v) is 2.93. The Hall–Kier alpha value is -1.34. The summed E-state index contributed by atoms with van der Waals surface area (Å²) < 4.78 is 0. The maximum atomic E-state index is 6.19. The molecule has 84 valence electrons. The largest absolute Gasteiger partial charge is 0.324 e. The topological polar surface area (TPSA) is 26.0 Å². The van der Waals surface area contributed by atoms with Crippen molar-refractivity contribution in [2.24, 2.45) is 11.7 Å². The lowest BCUT2D eigenvalue weighted by Gasteiger charge is -2.15. The van der Waals surface area contributed by atoms with Crippen molar-refractivity contribution < 1.29 is 0 Å². The molecule has 0 aliphatic heterocycles. The zero-order chi connectivity index (χ0) is 11.5. The van der Waals surface area contributed by atoms with E-state index in [1.54, 1.807) is 0 Å². The molecule has 0 aliphatic carbocycles. The van der Waals surface area contributed by atoms with Gasteiger partial charge in [0.2, 0.25) is 0 Å². The second kappa shape index (κ2) is 4.67. The highest BCUT2D eigenvalue weighted by molar-refractivity contribution is 5.83. The van der Waals surface area contributed by atoms with Crippen LogP contribution in [0.2, 0.25) is 0 Å². The highest BCUT2D eigenvalue weighted by Gasteiger charge is 2.08. The molecular formula is C15H19N. The first-order valence-electron chi connectivity index (χ1n) is 5.91. The molecule has 2 rings (SSSR count). The first-order chi connectivity index (χ1) is 7.66. The van der Waals surface area contributed by atoms with E-state index in [0.717, 1.165) is 6.42 Å². The van der Waals surface area contributed by atoms with E-state index >= 15 is 0 Å². The van der Waals surface area contributed by atoms with Crippen molar-refractivity contribution in [1.29, 1.82) is 0 Å². The first kappa shape index (κ1) is 11.2. The molecule has 0 saturated carbocycles. The maximum Gasteiger partial charge on any atom is 0.0297 e. The van der Waals surface area contributed by atoms with Gasteiger partial charge in [-0.2, -0.15) is 0 Å². The molecule has 0 unspecified atom stereocenters. The Labute approximate surface area is 97.3 Å². The minimum atomic E-state index is 0.157. The molecule has 1 heteroatoms. The normalized spacial score (nSPS) is 13.2. The molecule has 0 bridgehead atoms. The minimum Gasteiger partial charge on any atom is -0.324 e. The molecule has 0 saturated heterocycles. The van der Waals surface area contributed by atoms with Gasteiger partial charge in [-0.3, -0.25) is 0 Å². The van der Waals surface area contributed by atoms with Crippen molar-refractivity contribution in [3.63, 3.8) is 0 Å². The Morgan fingerprint density at radius 2 is 1.69 bits per heavy atom. The first-order valence-corrected chi connectivity index (χ1v) is 5.91. The average Bonchev–Trinajstić information content (AvgIpc) is 2.27. The third kappa shape index (κ3) is 2.42. The fourth-order valence-corrected chi connectivity index (χ4v) is 2.08. The summed E-state index contributed by atoms with van der Waals surface area (Å²) in [7, 11) is 0. The number of fused-ring (bicyclic) bond motifs is 1. The lowest BCUT2D eigenvalue weighted by atomic mass is 9.96. The van der Waals surface area contributed by atoms with E-state index in [0.29, 0.717) is 5.92 Å². The van der Waals surface area contributed by atoms with Crippen LogP contribution in [-0.4, -0.2) is 0 Å². The van der Waals surface area contributed by atoms with Crippen LogP contribution < -0.4 is 5.73 Å². The third-order valence-electron chi connectivity index (χ3n) is 2.93. The van der Waals surface area contributed by atoms with Crippen molar-refractivity contribution >= 4 is 10.8 Å². The predicted molar refractivity (Wildman–Crippen MR) is 70.3 cm³/mol. The minimum absolute atomic E-state index is 0.157. The second-order valence-electron chi connectivity index (χ2n) is 4.84. The van der Waals surface area contributed by atoms with Crippen LogP contribution in [0.3, 0.4) is 0 Å². The fourth-order valence-electron chi connectivity index (χ4n) is 2.08. The summed E-state index contributed by atoms with van der Waals surface area (Å²) in [5.41, 5.74) is 7.43. The SMILES string of the molecule is CC(C)C[C@@H](N)c1ccc2ccccc2c1. The van der Waals surface area contributed by atoms with Crippen LogP contribution in [0.25, 0.3) is 10.8 Å². The molecule has 1 nitrogen and oxygen atoms in total. The molecular weight excluding hydrogens is 194 g/mol. The Morgan fingerprint density at radius 1 is 1.00 bits per heavy atom. The molecule has 0 aromatic heterocycles. The summed E-state index contributed by atoms with van der Waals surface area (Å²) in [4.78, 5) is 0. The molecule has 0 heterocycles. The average molecular weight is 213 g/mol. The number of nitrogens with two attached hydrogens (primary N) is 1. The number of benzene rings is 2. The molecule has 16 heavy (non-hydrogen) atoms. The molecule has 0 amide bonds. The van der Waals surface area contributed by atoms with Crippen LogP contribution >= 0.6 is 0 Å². The lowest BCUT2D eigenvalue weighted by Crippen LogP contribution is -2.12. The zero-order valence-electron chi connectivity index (χ0n) is 9.98. The van der Waals surface area contributed by atoms with E-state index in [-0.39, 0.29) is 6.04 Å². The summed E-state index contributed by atoms with van der Waals surface area (Å²) in [6, 6.07) is 15.1. The van der Waals surface area contributed by atoms with Gasteiger partial charge in [0, 0.05) is 6.04 Å². The number of rotatable bonds is 3. The summed E-state index contributed by atoms with van der Waals surface area (Å²) in [6.07, 6.45) is 1.04. The lowest BCUT2D eigenvalue weighted by molar-refractivity contribution is 0.510. The molecule has 0 aliphatic rings. The molecule has 0 fully saturated rings. The van der Waals surface area contributed by atoms with Gasteiger partial charge in [0.05, 0.1) is 0 Å². The molecule has 0 radical (unpaired) electrons. The number of hydrogen-bond donors (Lipinski definition) is 1. The van der Waals surface area contributed by atoms with E-state index in [2.05, 4.69) is 56.3 Å². The molecule has 2 aromatic rings. The smallest absolute Gasteiger partial charge is 0.0297 e. The van der Waals surface area contributed by atoms with Crippen molar-refractivity contribution in [2.45, 2.75) is 26.3 Å². The Balaban J connectivity index is 2.32. The summed E-state index contributed by atoms with van der Waals surface area (Å²) >= 11 is 0. The van der Waals surface area contributed by atoms with E-state index in [1.807, 2.05) is 0 Å². The van der Waals surface area contributed by atoms with Crippen LogP contribution in [0.15, 0.2) is 42.5 Å². The maximum absolute atomic E-state index is 6.19. The van der Waals surface area contributed by atoms with Crippen LogP contribution in [0, 0.1) is 5.92 Å². The monoisotopic (exact) mass is 213 g/mol. The van der Waals surface area contributed by atoms with Gasteiger partial charge in [-0.1, -0.05) is 50.2 Å². The van der Waals surface area contributed by atoms with Crippen molar-refractivity contribution in [3.05, 3.63) is 48.0 Å². The van der Waals surface area contributed by atoms with Gasteiger partial charge < -0.3 is 5.73 Å². The van der Waals surface area contributed by atoms with E-state index in [4.69, 9.17) is 5.73 Å². The van der Waals surface area contributed by atoms with Gasteiger partial charge in [-0.25, -0.2) is 0 Å². The van der Waals surface area contributed by atoms with Gasteiger partial charge in [-0.05, 0) is 34.7 Å². The summed E-state index contributed by atoms with van der Waals surface area (Å²) in [5, 5.41) is 2.56. The van der Waals surface area contributed by atoms with E-state index in [9.17, 15) is 0 Å². The molecule has 2 N–H and O–H groups in total. The summed E-state index contributed by atoms with van der Waals surface area (Å²) in [6.45, 7) is 4.42. The molecule has 1 atom stereocenters. The van der Waals surface area contributed by atoms with Gasteiger partial charge in [0.1, 0.15) is 0 Å². The molecule has 2 aromatic carbocycles. The molecule has 0 spiro atoms. The Bertz CT molecular complexity index is 474. The fraction of sp³-hybridized carbons (Fsp3) is 0.333. The Morgan fingerprint density at radius 3 is 2.38 bits per heavy atom. The summed E-state index contributed by atoms with van der Waals surface area (Å²) in [5.74, 6) is 0.640. The van der Waals surface area contributed by atoms with E-state index < -0.39 is 0 Å². The van der Waals surface area contributed by atoms with Crippen LogP contribution in [0.5, 0.6) is 0 Å². The number of hydrogen-bond acceptors (Lipinski definition) is 1. The van der Waals surface area contributed by atoms with E-state index in [1.165, 1.54) is 16.3 Å². The van der Waals surface area contributed by atoms with Crippen LogP contribution in [0.1, 0.15) is 31.9 Å². The van der Waals surface area contributed by atoms with Gasteiger partial charge >= 0.3 is 0 Å². The van der Waals surface area contributed by atoms with Crippen molar-refractivity contribution in [3.8, 4) is 0 Å². The van der Waals surface area contributed by atoms with Crippen LogP contribution in [0.4, 0.5) is 0 Å². The highest BCUT2D eigenvalue weighted by atomic mass is 14.6.